The number of hydrogen-bond acceptors (Lipinski definition) is 4. The van der Waals surface area contributed by atoms with Crippen LogP contribution in [0, 0.1) is 13.8 Å². The Morgan fingerprint density at radius 2 is 2.00 bits per heavy atom. The summed E-state index contributed by atoms with van der Waals surface area (Å²) in [6, 6.07) is 8.97. The zero-order valence-electron chi connectivity index (χ0n) is 14.6. The Hall–Kier alpha value is -2.47. The SMILES string of the molecule is Cc1cc(=O)[nH]c(CCNC(=O)C(c2ccccc2C)N(C)C)n1. The quantitative estimate of drug-likeness (QED) is 0.839. The van der Waals surface area contributed by atoms with E-state index in [1.54, 1.807) is 6.92 Å². The largest absolute Gasteiger partial charge is 0.354 e. The first kappa shape index (κ1) is 17.9. The molecule has 0 bridgehead atoms. The first-order valence-electron chi connectivity index (χ1n) is 7.95. The predicted molar refractivity (Wildman–Crippen MR) is 93.9 cm³/mol. The number of aromatic nitrogens is 2. The first-order chi connectivity index (χ1) is 11.4. The van der Waals surface area contributed by atoms with Gasteiger partial charge in [0.1, 0.15) is 11.9 Å². The molecule has 6 nitrogen and oxygen atoms in total. The number of rotatable bonds is 6. The molecule has 0 saturated carbocycles. The van der Waals surface area contributed by atoms with Crippen LogP contribution in [0.2, 0.25) is 0 Å². The Morgan fingerprint density at radius 3 is 2.62 bits per heavy atom. The van der Waals surface area contributed by atoms with Crippen molar-refractivity contribution < 1.29 is 4.79 Å². The van der Waals surface area contributed by atoms with Gasteiger partial charge < -0.3 is 10.3 Å². The van der Waals surface area contributed by atoms with E-state index in [1.165, 1.54) is 6.07 Å². The van der Waals surface area contributed by atoms with Crippen LogP contribution >= 0.6 is 0 Å². The fourth-order valence-corrected chi connectivity index (χ4v) is 2.71. The van der Waals surface area contributed by atoms with E-state index >= 15 is 0 Å². The van der Waals surface area contributed by atoms with Crippen molar-refractivity contribution in [3.8, 4) is 0 Å². The zero-order valence-corrected chi connectivity index (χ0v) is 14.6. The van der Waals surface area contributed by atoms with E-state index in [1.807, 2.05) is 50.2 Å². The maximum absolute atomic E-state index is 12.6. The van der Waals surface area contributed by atoms with Crippen LogP contribution in [-0.4, -0.2) is 41.4 Å². The summed E-state index contributed by atoms with van der Waals surface area (Å²) in [5, 5.41) is 2.93. The molecule has 0 radical (unpaired) electrons. The van der Waals surface area contributed by atoms with Gasteiger partial charge in [0.2, 0.25) is 5.91 Å². The zero-order chi connectivity index (χ0) is 17.7. The number of hydrogen-bond donors (Lipinski definition) is 2. The lowest BCUT2D eigenvalue weighted by molar-refractivity contribution is -0.125. The normalized spacial score (nSPS) is 12.2. The van der Waals surface area contributed by atoms with Crippen molar-refractivity contribution in [1.82, 2.24) is 20.2 Å². The van der Waals surface area contributed by atoms with Gasteiger partial charge in [-0.2, -0.15) is 0 Å². The second-order valence-corrected chi connectivity index (χ2v) is 6.10. The third-order valence-corrected chi connectivity index (χ3v) is 3.83. The summed E-state index contributed by atoms with van der Waals surface area (Å²) >= 11 is 0. The molecule has 1 heterocycles. The maximum atomic E-state index is 12.6. The van der Waals surface area contributed by atoms with Gasteiger partial charge >= 0.3 is 0 Å². The highest BCUT2D eigenvalue weighted by Gasteiger charge is 2.23. The number of amides is 1. The molecular weight excluding hydrogens is 304 g/mol. The molecule has 2 rings (SSSR count). The second-order valence-electron chi connectivity index (χ2n) is 6.10. The maximum Gasteiger partial charge on any atom is 0.251 e. The third kappa shape index (κ3) is 4.52. The van der Waals surface area contributed by atoms with Crippen molar-refractivity contribution in [3.63, 3.8) is 0 Å². The van der Waals surface area contributed by atoms with Crippen molar-refractivity contribution in [2.75, 3.05) is 20.6 Å². The van der Waals surface area contributed by atoms with Gasteiger partial charge in [-0.3, -0.25) is 14.5 Å². The van der Waals surface area contributed by atoms with Crippen LogP contribution < -0.4 is 10.9 Å². The van der Waals surface area contributed by atoms with Crippen LogP contribution in [0.1, 0.15) is 28.7 Å². The molecule has 1 amide bonds. The van der Waals surface area contributed by atoms with Gasteiger partial charge in [0.05, 0.1) is 0 Å². The third-order valence-electron chi connectivity index (χ3n) is 3.83. The molecule has 1 atom stereocenters. The Bertz CT molecular complexity index is 768. The highest BCUT2D eigenvalue weighted by molar-refractivity contribution is 5.83. The highest BCUT2D eigenvalue weighted by Crippen LogP contribution is 2.21. The van der Waals surface area contributed by atoms with E-state index in [-0.39, 0.29) is 17.5 Å². The average Bonchev–Trinajstić information content (AvgIpc) is 2.48. The van der Waals surface area contributed by atoms with Crippen molar-refractivity contribution in [2.45, 2.75) is 26.3 Å². The van der Waals surface area contributed by atoms with Crippen molar-refractivity contribution >= 4 is 5.91 Å². The number of aryl methyl sites for hydroxylation is 2. The van der Waals surface area contributed by atoms with Gasteiger partial charge in [-0.05, 0) is 39.1 Å². The summed E-state index contributed by atoms with van der Waals surface area (Å²) in [5.41, 5.74) is 2.57. The molecule has 2 aromatic rings. The van der Waals surface area contributed by atoms with E-state index < -0.39 is 0 Å². The molecule has 2 N–H and O–H groups in total. The van der Waals surface area contributed by atoms with E-state index in [4.69, 9.17) is 0 Å². The van der Waals surface area contributed by atoms with Crippen molar-refractivity contribution in [3.05, 3.63) is 63.3 Å². The molecule has 0 aliphatic heterocycles. The summed E-state index contributed by atoms with van der Waals surface area (Å²) < 4.78 is 0. The highest BCUT2D eigenvalue weighted by atomic mass is 16.2. The van der Waals surface area contributed by atoms with Gasteiger partial charge in [-0.15, -0.1) is 0 Å². The van der Waals surface area contributed by atoms with Crippen LogP contribution in [0.25, 0.3) is 0 Å². The Kier molecular flexibility index (Phi) is 5.87. The van der Waals surface area contributed by atoms with Crippen LogP contribution in [0.5, 0.6) is 0 Å². The minimum absolute atomic E-state index is 0.0655. The molecule has 1 unspecified atom stereocenters. The van der Waals surface area contributed by atoms with Gasteiger partial charge in [0, 0.05) is 24.7 Å². The lowest BCUT2D eigenvalue weighted by Crippen LogP contribution is -2.38. The Labute approximate surface area is 141 Å². The summed E-state index contributed by atoms with van der Waals surface area (Å²) in [7, 11) is 3.77. The molecule has 24 heavy (non-hydrogen) atoms. The second kappa shape index (κ2) is 7.88. The molecule has 0 aliphatic rings. The number of likely N-dealkylation sites (N-methyl/N-ethyl adjacent to an activating group) is 1. The molecule has 0 fully saturated rings. The molecule has 0 spiro atoms. The van der Waals surface area contributed by atoms with E-state index in [2.05, 4.69) is 15.3 Å². The number of aromatic amines is 1. The summed E-state index contributed by atoms with van der Waals surface area (Å²) in [6.45, 7) is 4.19. The minimum Gasteiger partial charge on any atom is -0.354 e. The topological polar surface area (TPSA) is 78.1 Å². The van der Waals surface area contributed by atoms with Crippen LogP contribution in [0.4, 0.5) is 0 Å². The van der Waals surface area contributed by atoms with Crippen LogP contribution in [0.3, 0.4) is 0 Å². The van der Waals surface area contributed by atoms with Crippen molar-refractivity contribution in [1.29, 1.82) is 0 Å². The number of carbonyl (C=O) groups excluding carboxylic acids is 1. The number of nitrogens with zero attached hydrogens (tertiary/aromatic N) is 2. The smallest absolute Gasteiger partial charge is 0.251 e. The molecule has 128 valence electrons. The van der Waals surface area contributed by atoms with Gasteiger partial charge in [0.25, 0.3) is 5.56 Å². The number of nitrogens with one attached hydrogen (secondary N) is 2. The molecule has 1 aromatic carbocycles. The van der Waals surface area contributed by atoms with E-state index in [9.17, 15) is 9.59 Å². The van der Waals surface area contributed by atoms with E-state index in [0.717, 1.165) is 11.1 Å². The van der Waals surface area contributed by atoms with Gasteiger partial charge in [-0.25, -0.2) is 4.98 Å². The van der Waals surface area contributed by atoms with Gasteiger partial charge in [-0.1, -0.05) is 24.3 Å². The fraction of sp³-hybridized carbons (Fsp3) is 0.389. The predicted octanol–water partition coefficient (Wildman–Crippen LogP) is 1.35. The molecular formula is C18H24N4O2. The standard InChI is InChI=1S/C18H24N4O2/c1-12-7-5-6-8-14(12)17(22(3)4)18(24)19-10-9-15-20-13(2)11-16(23)21-15/h5-8,11,17H,9-10H2,1-4H3,(H,19,24)(H,20,21,23). The fourth-order valence-electron chi connectivity index (χ4n) is 2.71. The lowest BCUT2D eigenvalue weighted by atomic mass is 10.00. The molecule has 6 heteroatoms. The summed E-state index contributed by atoms with van der Waals surface area (Å²) in [4.78, 5) is 32.9. The first-order valence-corrected chi connectivity index (χ1v) is 7.95. The van der Waals surface area contributed by atoms with Crippen LogP contribution in [-0.2, 0) is 11.2 Å². The minimum atomic E-state index is -0.351. The molecule has 0 aliphatic carbocycles. The summed E-state index contributed by atoms with van der Waals surface area (Å²) in [5.74, 6) is 0.516. The lowest BCUT2D eigenvalue weighted by Gasteiger charge is -2.25. The molecule has 1 aromatic heterocycles. The van der Waals surface area contributed by atoms with E-state index in [0.29, 0.717) is 24.5 Å². The monoisotopic (exact) mass is 328 g/mol. The van der Waals surface area contributed by atoms with Gasteiger partial charge in [0.15, 0.2) is 0 Å². The average molecular weight is 328 g/mol. The Balaban J connectivity index is 2.04. The summed E-state index contributed by atoms with van der Waals surface area (Å²) in [6.07, 6.45) is 0.483. The number of H-pyrrole nitrogens is 1. The van der Waals surface area contributed by atoms with Crippen LogP contribution in [0.15, 0.2) is 35.1 Å². The number of benzene rings is 1. The number of carbonyl (C=O) groups is 1. The molecule has 0 saturated heterocycles. The Morgan fingerprint density at radius 1 is 1.29 bits per heavy atom. The van der Waals surface area contributed by atoms with Crippen molar-refractivity contribution in [2.24, 2.45) is 0 Å².